The number of hydrogen-bond acceptors (Lipinski definition) is 1. The molecule has 0 N–H and O–H groups in total. The topological polar surface area (TPSA) is 12.4 Å². The van der Waals surface area contributed by atoms with Crippen molar-refractivity contribution < 1.29 is 0 Å². The van der Waals surface area contributed by atoms with Gasteiger partial charge in [0.1, 0.15) is 0 Å². The zero-order chi connectivity index (χ0) is 9.84. The second-order valence-corrected chi connectivity index (χ2v) is 3.59. The summed E-state index contributed by atoms with van der Waals surface area (Å²) in [6, 6.07) is 6.48. The quantitative estimate of drug-likeness (QED) is 0.605. The van der Waals surface area contributed by atoms with E-state index in [4.69, 9.17) is 0 Å². The minimum atomic E-state index is 0.575. The first-order valence-corrected chi connectivity index (χ1v) is 4.74. The van der Waals surface area contributed by atoms with Gasteiger partial charge in [-0.3, -0.25) is 4.99 Å². The second-order valence-electron chi connectivity index (χ2n) is 3.59. The van der Waals surface area contributed by atoms with Gasteiger partial charge in [-0.05, 0) is 37.0 Å². The lowest BCUT2D eigenvalue weighted by Gasteiger charge is -2.07. The summed E-state index contributed by atoms with van der Waals surface area (Å²) in [5.74, 6) is 0.575. The van der Waals surface area contributed by atoms with Crippen molar-refractivity contribution in [2.75, 3.05) is 0 Å². The second kappa shape index (κ2) is 4.22. The molecule has 0 aliphatic carbocycles. The third-order valence-electron chi connectivity index (χ3n) is 2.17. The lowest BCUT2D eigenvalue weighted by atomic mass is 10.0. The summed E-state index contributed by atoms with van der Waals surface area (Å²) in [6.45, 7) is 8.43. The number of nitrogens with zero attached hydrogens (tertiary/aromatic N) is 1. The average Bonchev–Trinajstić information content (AvgIpc) is 2.08. The predicted molar refractivity (Wildman–Crippen MR) is 59.1 cm³/mol. The van der Waals surface area contributed by atoms with Crippen LogP contribution >= 0.6 is 0 Å². The van der Waals surface area contributed by atoms with Gasteiger partial charge >= 0.3 is 0 Å². The summed E-state index contributed by atoms with van der Waals surface area (Å²) >= 11 is 0. The summed E-state index contributed by atoms with van der Waals surface area (Å²) < 4.78 is 0. The molecule has 1 rings (SSSR count). The maximum Gasteiger partial charge on any atom is 0.0657 e. The Morgan fingerprint density at radius 3 is 2.54 bits per heavy atom. The monoisotopic (exact) mass is 175 g/mol. The smallest absolute Gasteiger partial charge is 0.0657 e. The molecule has 1 aromatic rings. The number of hydrogen-bond donors (Lipinski definition) is 0. The van der Waals surface area contributed by atoms with Crippen molar-refractivity contribution in [2.45, 2.75) is 33.6 Å². The third kappa shape index (κ3) is 2.41. The van der Waals surface area contributed by atoms with Crippen LogP contribution in [0.15, 0.2) is 23.2 Å². The molecule has 1 nitrogen and oxygen atoms in total. The van der Waals surface area contributed by atoms with Gasteiger partial charge in [0, 0.05) is 6.21 Å². The molecule has 0 saturated heterocycles. The molecule has 1 heteroatoms. The van der Waals surface area contributed by atoms with Crippen LogP contribution in [0.5, 0.6) is 0 Å². The molecule has 0 radical (unpaired) electrons. The van der Waals surface area contributed by atoms with Gasteiger partial charge in [0.25, 0.3) is 0 Å². The molecule has 0 spiro atoms. The Labute approximate surface area is 80.5 Å². The molecule has 0 amide bonds. The van der Waals surface area contributed by atoms with Gasteiger partial charge in [0.2, 0.25) is 0 Å². The van der Waals surface area contributed by atoms with Crippen molar-refractivity contribution in [3.05, 3.63) is 29.3 Å². The number of benzene rings is 1. The van der Waals surface area contributed by atoms with E-state index in [1.54, 1.807) is 0 Å². The van der Waals surface area contributed by atoms with Crippen LogP contribution in [0.1, 0.15) is 37.8 Å². The molecule has 0 fully saturated rings. The summed E-state index contributed by atoms with van der Waals surface area (Å²) in [5, 5.41) is 0. The fraction of sp³-hybridized carbons (Fsp3) is 0.417. The molecule has 0 saturated carbocycles. The minimum Gasteiger partial charge on any atom is -0.261 e. The zero-order valence-electron chi connectivity index (χ0n) is 8.83. The fourth-order valence-corrected chi connectivity index (χ4v) is 1.26. The van der Waals surface area contributed by atoms with Crippen molar-refractivity contribution in [1.82, 2.24) is 0 Å². The molecule has 0 unspecified atom stereocenters. The van der Waals surface area contributed by atoms with Crippen LogP contribution in [-0.4, -0.2) is 6.21 Å². The van der Waals surface area contributed by atoms with Crippen molar-refractivity contribution in [2.24, 2.45) is 4.99 Å². The number of aliphatic imine (C=N–C) groups is 1. The van der Waals surface area contributed by atoms with Gasteiger partial charge in [0.15, 0.2) is 0 Å². The van der Waals surface area contributed by atoms with Gasteiger partial charge in [0.05, 0.1) is 5.69 Å². The Bertz CT molecular complexity index is 311. The van der Waals surface area contributed by atoms with Crippen LogP contribution in [0.4, 0.5) is 5.69 Å². The van der Waals surface area contributed by atoms with E-state index in [0.29, 0.717) is 5.92 Å². The number of aryl methyl sites for hydroxylation is 1. The SMILES string of the molecule is CC=Nc1cc(C(C)C)ccc1C. The van der Waals surface area contributed by atoms with Crippen LogP contribution in [0.3, 0.4) is 0 Å². The van der Waals surface area contributed by atoms with Crippen molar-refractivity contribution in [1.29, 1.82) is 0 Å². The normalized spacial score (nSPS) is 11.5. The lowest BCUT2D eigenvalue weighted by Crippen LogP contribution is -1.87. The highest BCUT2D eigenvalue weighted by Crippen LogP contribution is 2.24. The Balaban J connectivity index is 3.11. The highest BCUT2D eigenvalue weighted by molar-refractivity contribution is 5.62. The van der Waals surface area contributed by atoms with Crippen molar-refractivity contribution in [3.8, 4) is 0 Å². The standard InChI is InChI=1S/C12H17N/c1-5-13-12-8-11(9(2)3)7-6-10(12)4/h5-9H,1-4H3. The van der Waals surface area contributed by atoms with Crippen LogP contribution in [0.2, 0.25) is 0 Å². The van der Waals surface area contributed by atoms with E-state index < -0.39 is 0 Å². The number of rotatable bonds is 2. The van der Waals surface area contributed by atoms with E-state index in [-0.39, 0.29) is 0 Å². The molecule has 1 aromatic carbocycles. The van der Waals surface area contributed by atoms with Crippen molar-refractivity contribution in [3.63, 3.8) is 0 Å². The predicted octanol–water partition coefficient (Wildman–Crippen LogP) is 3.84. The zero-order valence-corrected chi connectivity index (χ0v) is 8.83. The first kappa shape index (κ1) is 9.97. The first-order valence-electron chi connectivity index (χ1n) is 4.74. The van der Waals surface area contributed by atoms with Crippen LogP contribution in [0, 0.1) is 6.92 Å². The molecular formula is C12H17N. The molecule has 13 heavy (non-hydrogen) atoms. The summed E-state index contributed by atoms with van der Waals surface area (Å²) in [7, 11) is 0. The van der Waals surface area contributed by atoms with Crippen LogP contribution in [-0.2, 0) is 0 Å². The van der Waals surface area contributed by atoms with E-state index in [0.717, 1.165) is 5.69 Å². The maximum atomic E-state index is 4.32. The molecule has 0 atom stereocenters. The molecular weight excluding hydrogens is 158 g/mol. The molecule has 0 aliphatic rings. The lowest BCUT2D eigenvalue weighted by molar-refractivity contribution is 0.866. The van der Waals surface area contributed by atoms with Gasteiger partial charge in [-0.1, -0.05) is 26.0 Å². The summed E-state index contributed by atoms with van der Waals surface area (Å²) in [4.78, 5) is 4.32. The first-order chi connectivity index (χ1) is 6.15. The van der Waals surface area contributed by atoms with E-state index in [1.807, 2.05) is 13.1 Å². The Kier molecular flexibility index (Phi) is 3.24. The fourth-order valence-electron chi connectivity index (χ4n) is 1.26. The Morgan fingerprint density at radius 1 is 1.31 bits per heavy atom. The summed E-state index contributed by atoms with van der Waals surface area (Å²) in [5.41, 5.74) is 3.68. The van der Waals surface area contributed by atoms with Gasteiger partial charge in [-0.25, -0.2) is 0 Å². The molecule has 0 bridgehead atoms. The van der Waals surface area contributed by atoms with Crippen molar-refractivity contribution >= 4 is 11.9 Å². The highest BCUT2D eigenvalue weighted by atomic mass is 14.7. The largest absolute Gasteiger partial charge is 0.261 e. The van der Waals surface area contributed by atoms with Gasteiger partial charge in [-0.15, -0.1) is 0 Å². The Hall–Kier alpha value is -1.11. The van der Waals surface area contributed by atoms with E-state index in [2.05, 4.69) is 44.0 Å². The van der Waals surface area contributed by atoms with E-state index in [1.165, 1.54) is 11.1 Å². The third-order valence-corrected chi connectivity index (χ3v) is 2.17. The van der Waals surface area contributed by atoms with Crippen LogP contribution in [0.25, 0.3) is 0 Å². The molecule has 70 valence electrons. The van der Waals surface area contributed by atoms with Crippen LogP contribution < -0.4 is 0 Å². The summed E-state index contributed by atoms with van der Waals surface area (Å²) in [6.07, 6.45) is 1.84. The molecule has 0 aliphatic heterocycles. The molecule has 0 aromatic heterocycles. The van der Waals surface area contributed by atoms with E-state index in [9.17, 15) is 0 Å². The van der Waals surface area contributed by atoms with Gasteiger partial charge in [-0.2, -0.15) is 0 Å². The highest BCUT2D eigenvalue weighted by Gasteiger charge is 2.01. The average molecular weight is 175 g/mol. The Morgan fingerprint density at radius 2 is 2.00 bits per heavy atom. The van der Waals surface area contributed by atoms with Gasteiger partial charge < -0.3 is 0 Å². The molecule has 0 heterocycles. The van der Waals surface area contributed by atoms with E-state index >= 15 is 0 Å². The minimum absolute atomic E-state index is 0.575. The maximum absolute atomic E-state index is 4.32.